The van der Waals surface area contributed by atoms with Gasteiger partial charge in [-0.25, -0.2) is 4.98 Å². The summed E-state index contributed by atoms with van der Waals surface area (Å²) in [4.78, 5) is 25.0. The topological polar surface area (TPSA) is 105 Å². The number of carbonyl (C=O) groups is 1. The standard InChI is InChI=1S/C14H21N3O4/c1-9(14(18)19)5-4-6-11(3)16-13-10(2)7-12(8-15-13)17(20)21/h7-9,11H,4-6H2,1-3H3,(H,15,16)(H,18,19). The minimum absolute atomic E-state index is 0.0269. The molecule has 0 bridgehead atoms. The molecule has 1 heterocycles. The normalized spacial score (nSPS) is 13.5. The first-order chi connectivity index (χ1) is 9.81. The van der Waals surface area contributed by atoms with E-state index in [1.165, 1.54) is 12.3 Å². The van der Waals surface area contributed by atoms with Crippen LogP contribution >= 0.6 is 0 Å². The zero-order valence-corrected chi connectivity index (χ0v) is 12.5. The molecular weight excluding hydrogens is 274 g/mol. The number of aryl methyl sites for hydroxylation is 1. The lowest BCUT2D eigenvalue weighted by Gasteiger charge is -2.16. The molecule has 2 unspecified atom stereocenters. The largest absolute Gasteiger partial charge is 0.481 e. The second kappa shape index (κ2) is 7.56. The molecule has 21 heavy (non-hydrogen) atoms. The van der Waals surface area contributed by atoms with Gasteiger partial charge < -0.3 is 10.4 Å². The van der Waals surface area contributed by atoms with Crippen molar-refractivity contribution in [3.8, 4) is 0 Å². The van der Waals surface area contributed by atoms with Crippen molar-refractivity contribution in [3.63, 3.8) is 0 Å². The molecule has 0 saturated carbocycles. The fraction of sp³-hybridized carbons (Fsp3) is 0.571. The molecule has 1 aromatic heterocycles. The van der Waals surface area contributed by atoms with Crippen LogP contribution in [0, 0.1) is 23.0 Å². The Morgan fingerprint density at radius 2 is 2.14 bits per heavy atom. The molecular formula is C14H21N3O4. The van der Waals surface area contributed by atoms with Gasteiger partial charge in [-0.1, -0.05) is 13.3 Å². The van der Waals surface area contributed by atoms with Crippen LogP contribution in [0.25, 0.3) is 0 Å². The van der Waals surface area contributed by atoms with Crippen molar-refractivity contribution in [3.05, 3.63) is 27.9 Å². The number of nitrogens with zero attached hydrogens (tertiary/aromatic N) is 2. The number of carboxylic acids is 1. The number of carboxylic acid groups (broad SMARTS) is 1. The summed E-state index contributed by atoms with van der Waals surface area (Å²) in [5.74, 6) is -0.487. The molecule has 1 aromatic rings. The van der Waals surface area contributed by atoms with Crippen LogP contribution in [-0.4, -0.2) is 27.0 Å². The van der Waals surface area contributed by atoms with Crippen LogP contribution in [0.15, 0.2) is 12.3 Å². The minimum Gasteiger partial charge on any atom is -0.481 e. The maximum Gasteiger partial charge on any atom is 0.306 e. The van der Waals surface area contributed by atoms with Gasteiger partial charge in [0.05, 0.1) is 10.8 Å². The number of anilines is 1. The highest BCUT2D eigenvalue weighted by molar-refractivity contribution is 5.69. The quantitative estimate of drug-likeness (QED) is 0.564. The number of nitrogens with one attached hydrogen (secondary N) is 1. The second-order valence-electron chi connectivity index (χ2n) is 5.33. The predicted molar refractivity (Wildman–Crippen MR) is 79.4 cm³/mol. The fourth-order valence-corrected chi connectivity index (χ4v) is 1.97. The maximum atomic E-state index is 10.7. The molecule has 0 aliphatic carbocycles. The zero-order valence-electron chi connectivity index (χ0n) is 12.5. The van der Waals surface area contributed by atoms with E-state index in [9.17, 15) is 14.9 Å². The SMILES string of the molecule is Cc1cc([N+](=O)[O-])cnc1NC(C)CCCC(C)C(=O)O. The first-order valence-corrected chi connectivity index (χ1v) is 6.91. The van der Waals surface area contributed by atoms with E-state index >= 15 is 0 Å². The van der Waals surface area contributed by atoms with E-state index in [2.05, 4.69) is 10.3 Å². The monoisotopic (exact) mass is 295 g/mol. The summed E-state index contributed by atoms with van der Waals surface area (Å²) in [6, 6.07) is 1.60. The molecule has 0 saturated heterocycles. The third kappa shape index (κ3) is 5.37. The van der Waals surface area contributed by atoms with E-state index in [1.54, 1.807) is 13.8 Å². The van der Waals surface area contributed by atoms with Gasteiger partial charge in [-0.2, -0.15) is 0 Å². The maximum absolute atomic E-state index is 10.7. The molecule has 0 aliphatic heterocycles. The number of hydrogen-bond acceptors (Lipinski definition) is 5. The Morgan fingerprint density at radius 1 is 1.48 bits per heavy atom. The lowest BCUT2D eigenvalue weighted by Crippen LogP contribution is -2.18. The van der Waals surface area contributed by atoms with Gasteiger partial charge in [-0.05, 0) is 32.3 Å². The number of aromatic nitrogens is 1. The minimum atomic E-state index is -0.775. The molecule has 7 nitrogen and oxygen atoms in total. The molecule has 7 heteroatoms. The third-order valence-corrected chi connectivity index (χ3v) is 3.35. The molecule has 0 fully saturated rings. The number of hydrogen-bond donors (Lipinski definition) is 2. The van der Waals surface area contributed by atoms with Crippen molar-refractivity contribution in [1.82, 2.24) is 4.98 Å². The van der Waals surface area contributed by atoms with Gasteiger partial charge in [0.15, 0.2) is 0 Å². The van der Waals surface area contributed by atoms with Crippen LogP contribution in [-0.2, 0) is 4.79 Å². The first-order valence-electron chi connectivity index (χ1n) is 6.91. The summed E-state index contributed by atoms with van der Waals surface area (Å²) in [6.07, 6.45) is 3.48. The average molecular weight is 295 g/mol. The van der Waals surface area contributed by atoms with E-state index in [-0.39, 0.29) is 17.6 Å². The van der Waals surface area contributed by atoms with Crippen LogP contribution in [0.3, 0.4) is 0 Å². The summed E-state index contributed by atoms with van der Waals surface area (Å²) in [6.45, 7) is 5.44. The van der Waals surface area contributed by atoms with Crippen molar-refractivity contribution >= 4 is 17.5 Å². The lowest BCUT2D eigenvalue weighted by atomic mass is 10.0. The van der Waals surface area contributed by atoms with E-state index in [1.807, 2.05) is 6.92 Å². The molecule has 2 atom stereocenters. The van der Waals surface area contributed by atoms with E-state index in [0.29, 0.717) is 12.2 Å². The number of pyridine rings is 1. The van der Waals surface area contributed by atoms with Gasteiger partial charge in [0.25, 0.3) is 5.69 Å². The van der Waals surface area contributed by atoms with Crippen LogP contribution < -0.4 is 5.32 Å². The van der Waals surface area contributed by atoms with Crippen LogP contribution in [0.1, 0.15) is 38.7 Å². The summed E-state index contributed by atoms with van der Waals surface area (Å²) in [5.41, 5.74) is 0.691. The number of aliphatic carboxylic acids is 1. The molecule has 116 valence electrons. The predicted octanol–water partition coefficient (Wildman–Crippen LogP) is 2.99. The number of rotatable bonds is 8. The molecule has 2 N–H and O–H groups in total. The second-order valence-corrected chi connectivity index (χ2v) is 5.33. The molecule has 0 spiro atoms. The van der Waals surface area contributed by atoms with Gasteiger partial charge in [0.2, 0.25) is 0 Å². The van der Waals surface area contributed by atoms with Crippen LogP contribution in [0.2, 0.25) is 0 Å². The Kier molecular flexibility index (Phi) is 6.08. The average Bonchev–Trinajstić information content (AvgIpc) is 2.40. The third-order valence-electron chi connectivity index (χ3n) is 3.35. The van der Waals surface area contributed by atoms with Gasteiger partial charge in [0, 0.05) is 12.1 Å². The lowest BCUT2D eigenvalue weighted by molar-refractivity contribution is -0.385. The summed E-state index contributed by atoms with van der Waals surface area (Å²) in [7, 11) is 0. The van der Waals surface area contributed by atoms with Gasteiger partial charge in [-0.3, -0.25) is 14.9 Å². The summed E-state index contributed by atoms with van der Waals surface area (Å²) < 4.78 is 0. The van der Waals surface area contributed by atoms with E-state index in [0.717, 1.165) is 18.4 Å². The molecule has 0 radical (unpaired) electrons. The van der Waals surface area contributed by atoms with Gasteiger partial charge >= 0.3 is 5.97 Å². The summed E-state index contributed by atoms with van der Waals surface area (Å²) >= 11 is 0. The highest BCUT2D eigenvalue weighted by atomic mass is 16.6. The first kappa shape index (κ1) is 16.9. The smallest absolute Gasteiger partial charge is 0.306 e. The van der Waals surface area contributed by atoms with Crippen molar-refractivity contribution in [2.45, 2.75) is 46.1 Å². The molecule has 1 rings (SSSR count). The Morgan fingerprint density at radius 3 is 2.67 bits per heavy atom. The number of nitro groups is 1. The van der Waals surface area contributed by atoms with Crippen molar-refractivity contribution < 1.29 is 14.8 Å². The highest BCUT2D eigenvalue weighted by Crippen LogP contribution is 2.19. The van der Waals surface area contributed by atoms with Crippen LogP contribution in [0.5, 0.6) is 0 Å². The Hall–Kier alpha value is -2.18. The Balaban J connectivity index is 2.49. The Labute approximate surface area is 123 Å². The molecule has 0 aliphatic rings. The van der Waals surface area contributed by atoms with Crippen LogP contribution in [0.4, 0.5) is 11.5 Å². The highest BCUT2D eigenvalue weighted by Gasteiger charge is 2.13. The van der Waals surface area contributed by atoms with Crippen molar-refractivity contribution in [2.75, 3.05) is 5.32 Å². The zero-order chi connectivity index (χ0) is 16.0. The van der Waals surface area contributed by atoms with Crippen molar-refractivity contribution in [1.29, 1.82) is 0 Å². The Bertz CT molecular complexity index is 519. The van der Waals surface area contributed by atoms with Gasteiger partial charge in [0.1, 0.15) is 12.0 Å². The fourth-order valence-electron chi connectivity index (χ4n) is 1.97. The molecule has 0 amide bonds. The van der Waals surface area contributed by atoms with E-state index < -0.39 is 10.9 Å². The summed E-state index contributed by atoms with van der Waals surface area (Å²) in [5, 5.41) is 22.7. The van der Waals surface area contributed by atoms with Gasteiger partial charge in [-0.15, -0.1) is 0 Å². The molecule has 0 aromatic carbocycles. The van der Waals surface area contributed by atoms with Crippen molar-refractivity contribution in [2.24, 2.45) is 5.92 Å². The van der Waals surface area contributed by atoms with E-state index in [4.69, 9.17) is 5.11 Å².